The molecule has 2 N–H and O–H groups in total. The van der Waals surface area contributed by atoms with Crippen molar-refractivity contribution in [2.24, 2.45) is 0 Å². The Balaban J connectivity index is 1.39. The topological polar surface area (TPSA) is 104 Å². The smallest absolute Gasteiger partial charge is 0.256 e. The van der Waals surface area contributed by atoms with Gasteiger partial charge >= 0.3 is 0 Å². The highest BCUT2D eigenvalue weighted by Crippen LogP contribution is 2.28. The number of rotatable bonds is 7. The molecule has 3 amide bonds. The Morgan fingerprint density at radius 2 is 1.79 bits per heavy atom. The molecule has 196 valence electrons. The van der Waals surface area contributed by atoms with Crippen LogP contribution in [0.1, 0.15) is 44.5 Å². The molecule has 1 aliphatic heterocycles. The Kier molecular flexibility index (Phi) is 7.65. The van der Waals surface area contributed by atoms with Crippen LogP contribution < -0.4 is 10.6 Å². The van der Waals surface area contributed by atoms with E-state index in [4.69, 9.17) is 11.6 Å². The standard InChI is InChI=1S/C30H26ClN5O3/c1-2-19-8-13-27(33-17-19)35-28(37)21-9-6-20(7-10-21)18-36-26(16-23-5-3-4-14-32-23)29(38)34-25-15-22(31)11-12-24(25)30(36)39/h3-15,17,26H,2,16,18H2,1H3,(H,34,38)(H,33,35,37). The largest absolute Gasteiger partial charge is 0.323 e. The maximum Gasteiger partial charge on any atom is 0.256 e. The van der Waals surface area contributed by atoms with Crippen molar-refractivity contribution in [2.75, 3.05) is 10.6 Å². The van der Waals surface area contributed by atoms with Crippen LogP contribution >= 0.6 is 11.6 Å². The third-order valence-electron chi connectivity index (χ3n) is 6.58. The Bertz CT molecular complexity index is 1510. The minimum absolute atomic E-state index is 0.160. The number of halogens is 1. The number of aromatic nitrogens is 2. The van der Waals surface area contributed by atoms with Gasteiger partial charge in [-0.2, -0.15) is 0 Å². The van der Waals surface area contributed by atoms with Crippen LogP contribution in [-0.2, 0) is 24.2 Å². The molecule has 0 fully saturated rings. The SMILES string of the molecule is CCc1ccc(NC(=O)c2ccc(CN3C(=O)c4ccc(Cl)cc4NC(=O)C3Cc3ccccn3)cc2)nc1. The number of amides is 3. The summed E-state index contributed by atoms with van der Waals surface area (Å²) in [7, 11) is 0. The molecule has 0 spiro atoms. The highest BCUT2D eigenvalue weighted by molar-refractivity contribution is 6.31. The van der Waals surface area contributed by atoms with Crippen LogP contribution in [0, 0.1) is 0 Å². The fourth-order valence-corrected chi connectivity index (χ4v) is 4.59. The van der Waals surface area contributed by atoms with E-state index < -0.39 is 6.04 Å². The van der Waals surface area contributed by atoms with Crippen molar-refractivity contribution in [3.8, 4) is 0 Å². The molecule has 0 saturated carbocycles. The van der Waals surface area contributed by atoms with E-state index in [0.29, 0.717) is 33.3 Å². The molecule has 1 unspecified atom stereocenters. The lowest BCUT2D eigenvalue weighted by Gasteiger charge is -2.28. The first-order valence-electron chi connectivity index (χ1n) is 12.6. The van der Waals surface area contributed by atoms with Gasteiger partial charge in [-0.1, -0.05) is 42.8 Å². The Morgan fingerprint density at radius 1 is 1.00 bits per heavy atom. The summed E-state index contributed by atoms with van der Waals surface area (Å²) in [6, 6.07) is 20.1. The number of pyridine rings is 2. The van der Waals surface area contributed by atoms with Gasteiger partial charge in [-0.05, 0) is 66.1 Å². The molecule has 0 aliphatic carbocycles. The maximum absolute atomic E-state index is 13.7. The second-order valence-corrected chi connectivity index (χ2v) is 9.65. The second-order valence-electron chi connectivity index (χ2n) is 9.21. The average Bonchev–Trinajstić information content (AvgIpc) is 3.04. The number of nitrogens with one attached hydrogen (secondary N) is 2. The molecule has 9 heteroatoms. The van der Waals surface area contributed by atoms with Gasteiger partial charge in [-0.25, -0.2) is 4.98 Å². The van der Waals surface area contributed by atoms with E-state index in [2.05, 4.69) is 20.6 Å². The number of aryl methyl sites for hydroxylation is 1. The quantitative estimate of drug-likeness (QED) is 0.338. The minimum Gasteiger partial charge on any atom is -0.323 e. The fraction of sp³-hybridized carbons (Fsp3) is 0.167. The van der Waals surface area contributed by atoms with Gasteiger partial charge in [0.25, 0.3) is 11.8 Å². The van der Waals surface area contributed by atoms with Crippen molar-refractivity contribution in [1.82, 2.24) is 14.9 Å². The zero-order valence-corrected chi connectivity index (χ0v) is 22.0. The summed E-state index contributed by atoms with van der Waals surface area (Å²) < 4.78 is 0. The average molecular weight is 540 g/mol. The van der Waals surface area contributed by atoms with Crippen molar-refractivity contribution in [3.63, 3.8) is 0 Å². The predicted octanol–water partition coefficient (Wildman–Crippen LogP) is 5.15. The minimum atomic E-state index is -0.807. The zero-order chi connectivity index (χ0) is 27.4. The molecule has 1 atom stereocenters. The van der Waals surface area contributed by atoms with Gasteiger partial charge in [0.2, 0.25) is 5.91 Å². The van der Waals surface area contributed by atoms with E-state index in [0.717, 1.165) is 17.5 Å². The summed E-state index contributed by atoms with van der Waals surface area (Å²) in [5.74, 6) is -0.446. The number of fused-ring (bicyclic) bond motifs is 1. The molecular formula is C30H26ClN5O3. The lowest BCUT2D eigenvalue weighted by Crippen LogP contribution is -2.46. The molecule has 2 aromatic heterocycles. The van der Waals surface area contributed by atoms with Crippen molar-refractivity contribution in [1.29, 1.82) is 0 Å². The third kappa shape index (κ3) is 5.97. The second kappa shape index (κ2) is 11.4. The van der Waals surface area contributed by atoms with Gasteiger partial charge in [-0.3, -0.25) is 19.4 Å². The Morgan fingerprint density at radius 3 is 2.49 bits per heavy atom. The summed E-state index contributed by atoms with van der Waals surface area (Å²) >= 11 is 6.14. The van der Waals surface area contributed by atoms with Crippen molar-refractivity contribution < 1.29 is 14.4 Å². The molecule has 2 aromatic carbocycles. The molecule has 0 bridgehead atoms. The van der Waals surface area contributed by atoms with Gasteiger partial charge in [0.05, 0.1) is 11.3 Å². The lowest BCUT2D eigenvalue weighted by atomic mass is 10.0. The number of hydrogen-bond donors (Lipinski definition) is 2. The van der Waals surface area contributed by atoms with Gasteiger partial charge in [-0.15, -0.1) is 0 Å². The first kappa shape index (κ1) is 26.1. The van der Waals surface area contributed by atoms with E-state index in [1.807, 2.05) is 25.1 Å². The molecule has 1 aliphatic rings. The number of nitrogens with zero attached hydrogens (tertiary/aromatic N) is 3. The van der Waals surface area contributed by atoms with Crippen LogP contribution in [0.2, 0.25) is 5.02 Å². The third-order valence-corrected chi connectivity index (χ3v) is 6.82. The molecule has 0 saturated heterocycles. The van der Waals surface area contributed by atoms with Crippen LogP contribution in [0.25, 0.3) is 0 Å². The van der Waals surface area contributed by atoms with Gasteiger partial charge in [0.1, 0.15) is 11.9 Å². The van der Waals surface area contributed by atoms with E-state index in [1.54, 1.807) is 67.0 Å². The summed E-state index contributed by atoms with van der Waals surface area (Å²) in [4.78, 5) is 50.0. The fourth-order valence-electron chi connectivity index (χ4n) is 4.42. The maximum atomic E-state index is 13.7. The van der Waals surface area contributed by atoms with Gasteiger partial charge in [0, 0.05) is 41.6 Å². The monoisotopic (exact) mass is 539 g/mol. The number of benzene rings is 2. The summed E-state index contributed by atoms with van der Waals surface area (Å²) in [6.07, 6.45) is 4.50. The first-order chi connectivity index (χ1) is 18.9. The molecule has 3 heterocycles. The van der Waals surface area contributed by atoms with Crippen LogP contribution in [0.5, 0.6) is 0 Å². The van der Waals surface area contributed by atoms with Gasteiger partial charge < -0.3 is 15.5 Å². The van der Waals surface area contributed by atoms with Gasteiger partial charge in [0.15, 0.2) is 0 Å². The van der Waals surface area contributed by atoms with Crippen molar-refractivity contribution in [3.05, 3.63) is 118 Å². The van der Waals surface area contributed by atoms with Crippen LogP contribution in [0.3, 0.4) is 0 Å². The Labute approximate surface area is 231 Å². The highest BCUT2D eigenvalue weighted by atomic mass is 35.5. The molecule has 39 heavy (non-hydrogen) atoms. The zero-order valence-electron chi connectivity index (χ0n) is 21.2. The molecular weight excluding hydrogens is 514 g/mol. The number of carbonyl (C=O) groups is 3. The van der Waals surface area contributed by atoms with E-state index in [1.165, 1.54) is 4.90 Å². The van der Waals surface area contributed by atoms with Crippen LogP contribution in [0.4, 0.5) is 11.5 Å². The van der Waals surface area contributed by atoms with Crippen LogP contribution in [-0.4, -0.2) is 38.6 Å². The first-order valence-corrected chi connectivity index (χ1v) is 13.0. The lowest BCUT2D eigenvalue weighted by molar-refractivity contribution is -0.120. The number of anilines is 2. The van der Waals surface area contributed by atoms with Crippen LogP contribution in [0.15, 0.2) is 85.2 Å². The molecule has 5 rings (SSSR count). The highest BCUT2D eigenvalue weighted by Gasteiger charge is 2.36. The molecule has 4 aromatic rings. The molecule has 8 nitrogen and oxygen atoms in total. The molecule has 0 radical (unpaired) electrons. The predicted molar refractivity (Wildman–Crippen MR) is 150 cm³/mol. The van der Waals surface area contributed by atoms with E-state index in [-0.39, 0.29) is 30.7 Å². The summed E-state index contributed by atoms with van der Waals surface area (Å²) in [5, 5.41) is 6.08. The number of hydrogen-bond acceptors (Lipinski definition) is 5. The number of carbonyl (C=O) groups excluding carboxylic acids is 3. The normalized spacial score (nSPS) is 14.8. The van der Waals surface area contributed by atoms with E-state index >= 15 is 0 Å². The summed E-state index contributed by atoms with van der Waals surface area (Å²) in [5.41, 5.74) is 3.72. The van der Waals surface area contributed by atoms with Crippen molar-refractivity contribution >= 4 is 40.8 Å². The van der Waals surface area contributed by atoms with E-state index in [9.17, 15) is 14.4 Å². The van der Waals surface area contributed by atoms with Crippen molar-refractivity contribution in [2.45, 2.75) is 32.4 Å². The Hall–Kier alpha value is -4.56. The summed E-state index contributed by atoms with van der Waals surface area (Å²) in [6.45, 7) is 2.20.